The van der Waals surface area contributed by atoms with Crippen molar-refractivity contribution in [2.24, 2.45) is 0 Å². The van der Waals surface area contributed by atoms with E-state index in [2.05, 4.69) is 16.1 Å². The Labute approximate surface area is 252 Å². The van der Waals surface area contributed by atoms with E-state index in [1.165, 1.54) is 13.2 Å². The first kappa shape index (κ1) is 35.5. The second kappa shape index (κ2) is 14.7. The molecule has 2 rings (SSSR count). The summed E-state index contributed by atoms with van der Waals surface area (Å²) >= 11 is 7.58. The van der Waals surface area contributed by atoms with Gasteiger partial charge in [-0.25, -0.2) is 4.79 Å². The number of methoxy groups -OCH3 is 1. The van der Waals surface area contributed by atoms with Crippen molar-refractivity contribution in [1.82, 2.24) is 5.32 Å². The third kappa shape index (κ3) is 10.6. The molecule has 234 valence electrons. The number of benzene rings is 2. The van der Waals surface area contributed by atoms with Crippen molar-refractivity contribution >= 4 is 39.6 Å². The molecule has 0 bridgehead atoms. The molecule has 0 aliphatic carbocycles. The molecule has 0 aliphatic heterocycles. The van der Waals surface area contributed by atoms with Crippen molar-refractivity contribution in [1.29, 1.82) is 0 Å². The maximum absolute atomic E-state index is 12.8. The zero-order valence-corrected chi connectivity index (χ0v) is 25.8. The van der Waals surface area contributed by atoms with Crippen LogP contribution in [0, 0.1) is 0 Å². The number of hydrogen-bond donors (Lipinski definition) is 2. The summed E-state index contributed by atoms with van der Waals surface area (Å²) in [5.41, 5.74) is -6.69. The molecular formula is C27H33ClF3NO8S2. The summed E-state index contributed by atoms with van der Waals surface area (Å²) in [7, 11) is -4.50. The molecule has 2 N–H and O–H groups in total. The van der Waals surface area contributed by atoms with Crippen LogP contribution in [0.4, 0.5) is 18.0 Å². The number of amides is 1. The molecular weight excluding hydrogens is 623 g/mol. The summed E-state index contributed by atoms with van der Waals surface area (Å²) in [4.78, 5) is 13.2. The molecule has 0 fully saturated rings. The van der Waals surface area contributed by atoms with Gasteiger partial charge in [0.1, 0.15) is 17.1 Å². The molecule has 2 aromatic rings. The van der Waals surface area contributed by atoms with Gasteiger partial charge in [0.2, 0.25) is 0 Å². The smallest absolute Gasteiger partial charge is 0.466 e. The van der Waals surface area contributed by atoms with Crippen molar-refractivity contribution < 1.29 is 49.9 Å². The number of nitrogens with one attached hydrogen (secondary N) is 1. The van der Waals surface area contributed by atoms with E-state index in [4.69, 9.17) is 25.8 Å². The van der Waals surface area contributed by atoms with Gasteiger partial charge in [-0.05, 0) is 75.9 Å². The van der Waals surface area contributed by atoms with Gasteiger partial charge in [0.05, 0.1) is 17.0 Å². The van der Waals surface area contributed by atoms with Crippen LogP contribution < -0.4 is 14.2 Å². The molecule has 9 nitrogen and oxygen atoms in total. The lowest BCUT2D eigenvalue weighted by molar-refractivity contribution is -0.0500. The third-order valence-corrected chi connectivity index (χ3v) is 7.83. The maximum atomic E-state index is 12.8. The highest BCUT2D eigenvalue weighted by molar-refractivity contribution is 7.99. The van der Waals surface area contributed by atoms with Crippen LogP contribution in [0.2, 0.25) is 5.02 Å². The predicted molar refractivity (Wildman–Crippen MR) is 152 cm³/mol. The summed E-state index contributed by atoms with van der Waals surface area (Å²) in [5.74, 6) is -0.369. The predicted octanol–water partition coefficient (Wildman–Crippen LogP) is 6.47. The van der Waals surface area contributed by atoms with Gasteiger partial charge in [-0.3, -0.25) is 0 Å². The number of carbonyl (C=O) groups is 1. The van der Waals surface area contributed by atoms with Gasteiger partial charge >= 0.3 is 21.7 Å². The molecule has 0 heterocycles. The number of aliphatic hydroxyl groups excluding tert-OH is 1. The molecule has 0 saturated carbocycles. The average Bonchev–Trinajstić information content (AvgIpc) is 2.85. The summed E-state index contributed by atoms with van der Waals surface area (Å²) in [6.45, 7) is 8.33. The molecule has 1 amide bonds. The number of ether oxygens (including phenoxy) is 3. The van der Waals surface area contributed by atoms with Crippen LogP contribution in [0.3, 0.4) is 0 Å². The number of hydrogen-bond acceptors (Lipinski definition) is 9. The van der Waals surface area contributed by atoms with Crippen LogP contribution in [0.25, 0.3) is 0 Å². The van der Waals surface area contributed by atoms with Crippen molar-refractivity contribution in [3.05, 3.63) is 59.6 Å². The molecule has 1 atom stereocenters. The third-order valence-electron chi connectivity index (χ3n) is 5.47. The number of rotatable bonds is 14. The minimum absolute atomic E-state index is 0.178. The number of aryl methyl sites for hydroxylation is 1. The number of aliphatic hydroxyl groups is 1. The first-order valence-electron chi connectivity index (χ1n) is 12.4. The topological polar surface area (TPSA) is 120 Å². The standard InChI is InChI=1S/C27H33ClF3NO8S2/c1-6-12-26(16-33,32-24(34)39-25(2,3)4)13-11-18-7-9-20(15-21(18)28)41-23-14-19(8-10-22(23)38-17-37-5)40-42(35,36)27(29,30)31/h6-10,14-15,33H,1,11-13,16-17H2,2-5H3,(H,32,34)/t26-/m0/s1. The first-order valence-corrected chi connectivity index (χ1v) is 15.0. The molecule has 0 radical (unpaired) electrons. The Morgan fingerprint density at radius 1 is 1.17 bits per heavy atom. The number of alkyl halides is 3. The quantitative estimate of drug-likeness (QED) is 0.102. The Morgan fingerprint density at radius 3 is 2.40 bits per heavy atom. The Kier molecular flexibility index (Phi) is 12.4. The maximum Gasteiger partial charge on any atom is 0.534 e. The second-order valence-electron chi connectivity index (χ2n) is 10.1. The minimum Gasteiger partial charge on any atom is -0.466 e. The highest BCUT2D eigenvalue weighted by Crippen LogP contribution is 2.40. The van der Waals surface area contributed by atoms with Crippen LogP contribution >= 0.6 is 23.4 Å². The van der Waals surface area contributed by atoms with E-state index in [0.29, 0.717) is 28.3 Å². The Balaban J connectivity index is 2.27. The molecule has 2 aromatic carbocycles. The fraction of sp³-hybridized carbons (Fsp3) is 0.444. The van der Waals surface area contributed by atoms with Crippen LogP contribution in [-0.2, 0) is 26.0 Å². The Bertz CT molecular complexity index is 1350. The number of halogens is 4. The van der Waals surface area contributed by atoms with E-state index in [-0.39, 0.29) is 30.5 Å². The van der Waals surface area contributed by atoms with Crippen molar-refractivity contribution in [2.45, 2.75) is 66.5 Å². The monoisotopic (exact) mass is 655 g/mol. The lowest BCUT2D eigenvalue weighted by atomic mass is 9.88. The van der Waals surface area contributed by atoms with Gasteiger partial charge in [-0.2, -0.15) is 21.6 Å². The highest BCUT2D eigenvalue weighted by Gasteiger charge is 2.48. The molecule has 0 aromatic heterocycles. The Morgan fingerprint density at radius 2 is 1.86 bits per heavy atom. The zero-order valence-electron chi connectivity index (χ0n) is 23.4. The van der Waals surface area contributed by atoms with E-state index < -0.39 is 38.6 Å². The van der Waals surface area contributed by atoms with Crippen LogP contribution in [0.15, 0.2) is 58.8 Å². The summed E-state index contributed by atoms with van der Waals surface area (Å²) in [6, 6.07) is 8.39. The second-order valence-corrected chi connectivity index (χ2v) is 13.1. The van der Waals surface area contributed by atoms with E-state index >= 15 is 0 Å². The summed E-state index contributed by atoms with van der Waals surface area (Å²) in [6.07, 6.45) is 1.81. The minimum atomic E-state index is -5.88. The molecule has 0 unspecified atom stereocenters. The zero-order chi connectivity index (χ0) is 31.8. The van der Waals surface area contributed by atoms with Gasteiger partial charge in [0.15, 0.2) is 6.79 Å². The Hall–Kier alpha value is -2.65. The lowest BCUT2D eigenvalue weighted by Gasteiger charge is -2.33. The van der Waals surface area contributed by atoms with Gasteiger partial charge in [0.25, 0.3) is 0 Å². The SMILES string of the molecule is C=CC[C@@](CO)(CCc1ccc(Sc2cc(OS(=O)(=O)C(F)(F)F)ccc2OCOC)cc1Cl)NC(=O)OC(C)(C)C. The first-order chi connectivity index (χ1) is 19.4. The summed E-state index contributed by atoms with van der Waals surface area (Å²) < 4.78 is 81.3. The van der Waals surface area contributed by atoms with E-state index in [1.807, 2.05) is 0 Å². The van der Waals surface area contributed by atoms with Gasteiger partial charge < -0.3 is 28.8 Å². The van der Waals surface area contributed by atoms with Crippen molar-refractivity contribution in [2.75, 3.05) is 20.5 Å². The van der Waals surface area contributed by atoms with Gasteiger partial charge in [-0.1, -0.05) is 35.5 Å². The van der Waals surface area contributed by atoms with E-state index in [0.717, 1.165) is 23.9 Å². The van der Waals surface area contributed by atoms with Crippen LogP contribution in [0.1, 0.15) is 39.2 Å². The number of alkyl carbamates (subject to hydrolysis) is 1. The van der Waals surface area contributed by atoms with Crippen LogP contribution in [-0.4, -0.2) is 56.8 Å². The number of carbonyl (C=O) groups excluding carboxylic acids is 1. The fourth-order valence-corrected chi connectivity index (χ4v) is 5.29. The van der Waals surface area contributed by atoms with Crippen LogP contribution in [0.5, 0.6) is 11.5 Å². The fourth-order valence-electron chi connectivity index (χ4n) is 3.53. The van der Waals surface area contributed by atoms with E-state index in [1.54, 1.807) is 45.0 Å². The largest absolute Gasteiger partial charge is 0.534 e. The highest BCUT2D eigenvalue weighted by atomic mass is 35.5. The molecule has 0 spiro atoms. The summed E-state index contributed by atoms with van der Waals surface area (Å²) in [5, 5.41) is 13.2. The molecule has 15 heteroatoms. The van der Waals surface area contributed by atoms with Crippen molar-refractivity contribution in [3.8, 4) is 11.5 Å². The van der Waals surface area contributed by atoms with E-state index in [9.17, 15) is 31.5 Å². The average molecular weight is 656 g/mol. The van der Waals surface area contributed by atoms with Gasteiger partial charge in [-0.15, -0.1) is 6.58 Å². The molecule has 0 aliphatic rings. The normalized spacial score (nSPS) is 13.6. The molecule has 42 heavy (non-hydrogen) atoms. The van der Waals surface area contributed by atoms with Gasteiger partial charge in [0, 0.05) is 17.0 Å². The molecule has 0 saturated heterocycles. The van der Waals surface area contributed by atoms with Crippen molar-refractivity contribution in [3.63, 3.8) is 0 Å². The lowest BCUT2D eigenvalue weighted by Crippen LogP contribution is -2.52.